The minimum atomic E-state index is -0.798. The van der Waals surface area contributed by atoms with Gasteiger partial charge in [0, 0.05) is 19.3 Å². The van der Waals surface area contributed by atoms with Crippen LogP contribution in [0.15, 0.2) is 146 Å². The lowest BCUT2D eigenvalue weighted by molar-refractivity contribution is -0.167. The van der Waals surface area contributed by atoms with Crippen LogP contribution in [-0.4, -0.2) is 37.2 Å². The van der Waals surface area contributed by atoms with Crippen LogP contribution in [0.25, 0.3) is 0 Å². The molecule has 0 aromatic carbocycles. The topological polar surface area (TPSA) is 78.9 Å². The van der Waals surface area contributed by atoms with Crippen molar-refractivity contribution in [2.75, 3.05) is 13.2 Å². The fraction of sp³-hybridized carbons (Fsp3) is 0.635. The second-order valence-corrected chi connectivity index (χ2v) is 21.3. The number of carbonyl (C=O) groups is 3. The van der Waals surface area contributed by atoms with Crippen molar-refractivity contribution in [2.45, 2.75) is 290 Å². The molecule has 0 amide bonds. The van der Waals surface area contributed by atoms with Gasteiger partial charge in [-0.3, -0.25) is 14.4 Å². The molecule has 1 unspecified atom stereocenters. The first-order chi connectivity index (χ1) is 39.5. The molecule has 0 heterocycles. The number of hydrogen-bond acceptors (Lipinski definition) is 6. The largest absolute Gasteiger partial charge is 0.462 e. The van der Waals surface area contributed by atoms with Crippen LogP contribution in [0.1, 0.15) is 284 Å². The van der Waals surface area contributed by atoms with E-state index >= 15 is 0 Å². The highest BCUT2D eigenvalue weighted by molar-refractivity contribution is 5.71. The Morgan fingerprint density at radius 3 is 0.762 bits per heavy atom. The number of carbonyl (C=O) groups excluding carboxylic acids is 3. The lowest BCUT2D eigenvalue weighted by Gasteiger charge is -2.18. The van der Waals surface area contributed by atoms with Gasteiger partial charge in [0.25, 0.3) is 0 Å². The smallest absolute Gasteiger partial charge is 0.306 e. The second kappa shape index (κ2) is 66.8. The van der Waals surface area contributed by atoms with E-state index in [9.17, 15) is 14.4 Å². The molecular formula is C74H120O6. The van der Waals surface area contributed by atoms with E-state index in [-0.39, 0.29) is 31.1 Å². The van der Waals surface area contributed by atoms with Gasteiger partial charge in [-0.1, -0.05) is 276 Å². The molecule has 0 radical (unpaired) electrons. The summed E-state index contributed by atoms with van der Waals surface area (Å²) >= 11 is 0. The molecule has 6 nitrogen and oxygen atoms in total. The fourth-order valence-electron chi connectivity index (χ4n) is 8.69. The van der Waals surface area contributed by atoms with Crippen molar-refractivity contribution < 1.29 is 28.6 Å². The molecule has 6 heteroatoms. The molecule has 0 saturated heterocycles. The van der Waals surface area contributed by atoms with Gasteiger partial charge in [-0.05, 0) is 135 Å². The van der Waals surface area contributed by atoms with Crippen LogP contribution in [-0.2, 0) is 28.6 Å². The third-order valence-corrected chi connectivity index (χ3v) is 13.6. The van der Waals surface area contributed by atoms with Gasteiger partial charge in [0.05, 0.1) is 0 Å². The number of esters is 3. The van der Waals surface area contributed by atoms with Crippen molar-refractivity contribution >= 4 is 17.9 Å². The summed E-state index contributed by atoms with van der Waals surface area (Å²) in [6, 6.07) is 0. The summed E-state index contributed by atoms with van der Waals surface area (Å²) in [4.78, 5) is 38.3. The predicted octanol–water partition coefficient (Wildman–Crippen LogP) is 22.7. The summed E-state index contributed by atoms with van der Waals surface area (Å²) in [6.45, 7) is 6.36. The highest BCUT2D eigenvalue weighted by atomic mass is 16.6. The Morgan fingerprint density at radius 1 is 0.263 bits per heavy atom. The maximum absolute atomic E-state index is 12.9. The molecular weight excluding hydrogens is 985 g/mol. The van der Waals surface area contributed by atoms with Crippen LogP contribution in [0.3, 0.4) is 0 Å². The first kappa shape index (κ1) is 75.3. The van der Waals surface area contributed by atoms with Crippen LogP contribution >= 0.6 is 0 Å². The molecule has 0 aliphatic heterocycles. The van der Waals surface area contributed by atoms with Gasteiger partial charge in [-0.25, -0.2) is 0 Å². The summed E-state index contributed by atoms with van der Waals surface area (Å²) in [5.74, 6) is -0.922. The minimum absolute atomic E-state index is 0.0940. The van der Waals surface area contributed by atoms with Crippen LogP contribution in [0, 0.1) is 0 Å². The number of ether oxygens (including phenoxy) is 3. The molecule has 0 fully saturated rings. The van der Waals surface area contributed by atoms with Crippen molar-refractivity contribution in [3.8, 4) is 0 Å². The maximum atomic E-state index is 12.9. The van der Waals surface area contributed by atoms with E-state index in [2.05, 4.69) is 167 Å². The highest BCUT2D eigenvalue weighted by Crippen LogP contribution is 2.15. The zero-order valence-corrected chi connectivity index (χ0v) is 51.8. The third-order valence-electron chi connectivity index (χ3n) is 13.6. The molecule has 1 atom stereocenters. The van der Waals surface area contributed by atoms with Crippen molar-refractivity contribution in [3.63, 3.8) is 0 Å². The van der Waals surface area contributed by atoms with Crippen LogP contribution in [0.2, 0.25) is 0 Å². The third kappa shape index (κ3) is 64.1. The zero-order valence-electron chi connectivity index (χ0n) is 51.8. The van der Waals surface area contributed by atoms with E-state index < -0.39 is 6.10 Å². The van der Waals surface area contributed by atoms with Crippen molar-refractivity contribution in [1.82, 2.24) is 0 Å². The monoisotopic (exact) mass is 1100 g/mol. The molecule has 0 aromatic rings. The Bertz CT molecular complexity index is 1750. The molecule has 0 aromatic heterocycles. The number of allylic oxidation sites excluding steroid dienone is 24. The van der Waals surface area contributed by atoms with Gasteiger partial charge >= 0.3 is 17.9 Å². The van der Waals surface area contributed by atoms with Crippen molar-refractivity contribution in [3.05, 3.63) is 146 Å². The fourth-order valence-corrected chi connectivity index (χ4v) is 8.69. The van der Waals surface area contributed by atoms with Gasteiger partial charge in [0.1, 0.15) is 13.2 Å². The predicted molar refractivity (Wildman–Crippen MR) is 348 cm³/mol. The molecule has 0 rings (SSSR count). The van der Waals surface area contributed by atoms with Gasteiger partial charge in [-0.15, -0.1) is 0 Å². The average Bonchev–Trinajstić information content (AvgIpc) is 3.46. The van der Waals surface area contributed by atoms with E-state index in [1.807, 2.05) is 0 Å². The molecule has 0 aliphatic rings. The normalized spacial score (nSPS) is 13.1. The quantitative estimate of drug-likeness (QED) is 0.0261. The number of hydrogen-bond donors (Lipinski definition) is 0. The second-order valence-electron chi connectivity index (χ2n) is 21.3. The van der Waals surface area contributed by atoms with Crippen LogP contribution < -0.4 is 0 Å². The van der Waals surface area contributed by atoms with E-state index in [0.717, 1.165) is 161 Å². The Hall–Kier alpha value is -4.71. The SMILES string of the molecule is CC/C=C\C/C=C\C/C=C\C/C=C\C/C=C\C/C=C\C/C=C\CCCCCCCCCCCC(=O)OCC(COC(=O)CCCCCCC/C=C\C/C=C\CCCC)OC(=O)CCCCCCCCC/C=C\C/C=C\C/C=C\CC. The zero-order chi connectivity index (χ0) is 57.8. The molecule has 0 saturated carbocycles. The van der Waals surface area contributed by atoms with E-state index in [1.54, 1.807) is 0 Å². The first-order valence-corrected chi connectivity index (χ1v) is 32.8. The molecule has 452 valence electrons. The van der Waals surface area contributed by atoms with E-state index in [1.165, 1.54) is 83.5 Å². The molecule has 0 spiro atoms. The Balaban J connectivity index is 4.33. The lowest BCUT2D eigenvalue weighted by atomic mass is 10.1. The molecule has 0 aliphatic carbocycles. The first-order valence-electron chi connectivity index (χ1n) is 32.8. The van der Waals surface area contributed by atoms with Gasteiger partial charge in [0.2, 0.25) is 0 Å². The molecule has 0 bridgehead atoms. The Morgan fingerprint density at radius 2 is 0.487 bits per heavy atom. The van der Waals surface area contributed by atoms with Gasteiger partial charge in [-0.2, -0.15) is 0 Å². The number of rotatable bonds is 58. The standard InChI is InChI=1S/C74H120O6/c1-4-7-10-13-16-19-22-25-28-30-31-32-33-34-35-36-37-38-39-40-41-42-43-45-46-49-52-55-58-61-64-67-73(76)79-70-71(69-78-72(75)66-63-60-57-54-51-48-27-24-21-18-15-12-9-6-3)80-74(77)68-65-62-59-56-53-50-47-44-29-26-23-20-17-14-11-8-5-2/h7-8,10-11,15-20,24-29,31-32,34-35,37-38,40-41,71H,4-6,9,12-14,21-23,30,33,36,39,42-70H2,1-3H3/b10-7-,11-8-,18-15-,19-16-,20-17-,27-24-,28-25-,29-26-,32-31-,35-34-,38-37-,41-40-. The summed E-state index contributed by atoms with van der Waals surface area (Å²) in [5.41, 5.74) is 0. The summed E-state index contributed by atoms with van der Waals surface area (Å²) in [5, 5.41) is 0. The van der Waals surface area contributed by atoms with Gasteiger partial charge < -0.3 is 14.2 Å². The minimum Gasteiger partial charge on any atom is -0.462 e. The Kier molecular flexibility index (Phi) is 62.9. The van der Waals surface area contributed by atoms with E-state index in [0.29, 0.717) is 19.3 Å². The van der Waals surface area contributed by atoms with Crippen LogP contribution in [0.5, 0.6) is 0 Å². The highest BCUT2D eigenvalue weighted by Gasteiger charge is 2.19. The van der Waals surface area contributed by atoms with E-state index in [4.69, 9.17) is 14.2 Å². The lowest BCUT2D eigenvalue weighted by Crippen LogP contribution is -2.30. The summed E-state index contributed by atoms with van der Waals surface area (Å²) in [7, 11) is 0. The van der Waals surface area contributed by atoms with Crippen molar-refractivity contribution in [2.24, 2.45) is 0 Å². The molecule has 0 N–H and O–H groups in total. The van der Waals surface area contributed by atoms with Crippen LogP contribution in [0.4, 0.5) is 0 Å². The Labute approximate surface area is 493 Å². The molecule has 80 heavy (non-hydrogen) atoms. The van der Waals surface area contributed by atoms with Gasteiger partial charge in [0.15, 0.2) is 6.10 Å². The number of unbranched alkanes of at least 4 members (excludes halogenated alkanes) is 23. The average molecular weight is 1110 g/mol. The summed E-state index contributed by atoms with van der Waals surface area (Å²) in [6.07, 6.45) is 95.7. The van der Waals surface area contributed by atoms with Crippen molar-refractivity contribution in [1.29, 1.82) is 0 Å². The summed E-state index contributed by atoms with van der Waals surface area (Å²) < 4.78 is 16.9. The maximum Gasteiger partial charge on any atom is 0.306 e.